The van der Waals surface area contributed by atoms with E-state index in [1.807, 2.05) is 0 Å². The van der Waals surface area contributed by atoms with Crippen LogP contribution in [0.5, 0.6) is 17.2 Å². The van der Waals surface area contributed by atoms with Crippen molar-refractivity contribution in [3.63, 3.8) is 0 Å². The van der Waals surface area contributed by atoms with Gasteiger partial charge in [0.15, 0.2) is 0 Å². The first kappa shape index (κ1) is 28.9. The zero-order valence-corrected chi connectivity index (χ0v) is 27.2. The molecule has 44 heavy (non-hydrogen) atoms. The zero-order chi connectivity index (χ0) is 30.1. The summed E-state index contributed by atoms with van der Waals surface area (Å²) in [6.45, 7) is 5.30. The maximum Gasteiger partial charge on any atom is 0.127 e. The van der Waals surface area contributed by atoms with Gasteiger partial charge in [0.05, 0.1) is 12.0 Å². The van der Waals surface area contributed by atoms with Gasteiger partial charge in [0.25, 0.3) is 0 Å². The van der Waals surface area contributed by atoms with Crippen LogP contribution >= 0.6 is 15.9 Å². The number of hydrogen-bond donors (Lipinski definition) is 0. The van der Waals surface area contributed by atoms with Crippen molar-refractivity contribution in [3.05, 3.63) is 147 Å². The number of hydrogen-bond acceptors (Lipinski definition) is 2. The molecule has 0 amide bonds. The van der Waals surface area contributed by atoms with Crippen LogP contribution in [0.15, 0.2) is 114 Å². The molecule has 0 aliphatic heterocycles. The maximum absolute atomic E-state index is 6.34. The highest BCUT2D eigenvalue weighted by Crippen LogP contribution is 2.56. The van der Waals surface area contributed by atoms with Crippen LogP contribution in [-0.2, 0) is 18.3 Å². The third-order valence-electron chi connectivity index (χ3n) is 9.69. The number of rotatable bonds is 11. The molecule has 0 saturated carbocycles. The fraction of sp³-hybridized carbons (Fsp3) is 0.268. The van der Waals surface area contributed by atoms with Gasteiger partial charge in [-0.2, -0.15) is 0 Å². The highest BCUT2D eigenvalue weighted by molar-refractivity contribution is 9.10. The molecule has 0 bridgehead atoms. The van der Waals surface area contributed by atoms with E-state index in [-0.39, 0.29) is 0 Å². The molecule has 0 aromatic heterocycles. The molecule has 0 spiro atoms. The molecule has 222 valence electrons. The zero-order valence-electron chi connectivity index (χ0n) is 25.6. The predicted molar refractivity (Wildman–Crippen MR) is 184 cm³/mol. The maximum atomic E-state index is 6.34. The van der Waals surface area contributed by atoms with Gasteiger partial charge in [-0.3, -0.25) is 0 Å². The van der Waals surface area contributed by atoms with Crippen LogP contribution < -0.4 is 9.47 Å². The van der Waals surface area contributed by atoms with Gasteiger partial charge in [-0.25, -0.2) is 0 Å². The fourth-order valence-electron chi connectivity index (χ4n) is 7.10. The lowest BCUT2D eigenvalue weighted by atomic mass is 9.68. The minimum absolute atomic E-state index is 0.477. The lowest BCUT2D eigenvalue weighted by Gasteiger charge is -2.34. The smallest absolute Gasteiger partial charge is 0.127 e. The Kier molecular flexibility index (Phi) is 8.08. The Morgan fingerprint density at radius 3 is 2.05 bits per heavy atom. The van der Waals surface area contributed by atoms with Crippen LogP contribution in [0.2, 0.25) is 0 Å². The van der Waals surface area contributed by atoms with E-state index < -0.39 is 5.41 Å². The summed E-state index contributed by atoms with van der Waals surface area (Å²) >= 11 is 3.80. The lowest BCUT2D eigenvalue weighted by molar-refractivity contribution is 0.233. The fourth-order valence-corrected chi connectivity index (χ4v) is 7.46. The molecule has 2 aliphatic carbocycles. The molecule has 3 heteroatoms. The lowest BCUT2D eigenvalue weighted by Crippen LogP contribution is -2.28. The summed E-state index contributed by atoms with van der Waals surface area (Å²) in [4.78, 5) is 0. The first-order valence-electron chi connectivity index (χ1n) is 16.1. The Balaban J connectivity index is 1.28. The third kappa shape index (κ3) is 5.16. The molecule has 0 saturated heterocycles. The van der Waals surface area contributed by atoms with E-state index in [9.17, 15) is 0 Å². The van der Waals surface area contributed by atoms with Gasteiger partial charge in [-0.15, -0.1) is 0 Å². The Labute approximate surface area is 270 Å². The average Bonchev–Trinajstić information content (AvgIpc) is 3.33. The molecule has 2 atom stereocenters. The van der Waals surface area contributed by atoms with Crippen LogP contribution in [0.1, 0.15) is 72.9 Å². The number of ether oxygens (including phenoxy) is 2. The Hall–Kier alpha value is -3.82. The molecule has 2 nitrogen and oxygen atoms in total. The first-order valence-corrected chi connectivity index (χ1v) is 16.9. The van der Waals surface area contributed by atoms with Crippen molar-refractivity contribution in [2.45, 2.75) is 57.8 Å². The number of unbranched alkanes of at least 4 members (excludes halogenated alkanes) is 1. The highest BCUT2D eigenvalue weighted by Gasteiger charge is 2.46. The van der Waals surface area contributed by atoms with Crippen LogP contribution in [0.3, 0.4) is 0 Å². The molecule has 2 unspecified atom stereocenters. The van der Waals surface area contributed by atoms with E-state index in [1.54, 1.807) is 0 Å². The summed E-state index contributed by atoms with van der Waals surface area (Å²) < 4.78 is 13.7. The molecular formula is C41H39BrO2. The van der Waals surface area contributed by atoms with Gasteiger partial charge in [0.2, 0.25) is 0 Å². The topological polar surface area (TPSA) is 18.5 Å². The van der Waals surface area contributed by atoms with Crippen molar-refractivity contribution in [1.82, 2.24) is 0 Å². The summed E-state index contributed by atoms with van der Waals surface area (Å²) in [6, 6.07) is 39.6. The van der Waals surface area contributed by atoms with Gasteiger partial charge in [-0.1, -0.05) is 110 Å². The van der Waals surface area contributed by atoms with Crippen LogP contribution in [0, 0.1) is 5.92 Å². The minimum Gasteiger partial charge on any atom is -0.493 e. The number of benzene rings is 5. The van der Waals surface area contributed by atoms with Crippen LogP contribution in [-0.4, -0.2) is 6.61 Å². The van der Waals surface area contributed by atoms with E-state index in [1.165, 1.54) is 70.2 Å². The van der Waals surface area contributed by atoms with Gasteiger partial charge in [-0.05, 0) is 118 Å². The van der Waals surface area contributed by atoms with Gasteiger partial charge in [0.1, 0.15) is 17.2 Å². The summed E-state index contributed by atoms with van der Waals surface area (Å²) in [5.41, 5.74) is 9.93. The monoisotopic (exact) mass is 642 g/mol. The molecule has 7 rings (SSSR count). The van der Waals surface area contributed by atoms with E-state index in [0.29, 0.717) is 5.92 Å². The first-order chi connectivity index (χ1) is 21.6. The van der Waals surface area contributed by atoms with Crippen molar-refractivity contribution in [2.24, 2.45) is 5.92 Å². The predicted octanol–water partition coefficient (Wildman–Crippen LogP) is 11.3. The van der Waals surface area contributed by atoms with Crippen LogP contribution in [0.25, 0.3) is 11.1 Å². The van der Waals surface area contributed by atoms with Crippen molar-refractivity contribution in [1.29, 1.82) is 0 Å². The third-order valence-corrected chi connectivity index (χ3v) is 10.2. The Morgan fingerprint density at radius 1 is 0.682 bits per heavy atom. The summed E-state index contributed by atoms with van der Waals surface area (Å²) in [6.07, 6.45) is 7.18. The summed E-state index contributed by atoms with van der Waals surface area (Å²) in [5, 5.41) is 0. The van der Waals surface area contributed by atoms with E-state index in [0.717, 1.165) is 41.2 Å². The normalized spacial score (nSPS) is 16.8. The second kappa shape index (κ2) is 12.3. The second-order valence-corrected chi connectivity index (χ2v) is 13.2. The molecule has 0 N–H and O–H groups in total. The summed E-state index contributed by atoms with van der Waals surface area (Å²) in [7, 11) is 0. The van der Waals surface area contributed by atoms with E-state index >= 15 is 0 Å². The molecule has 0 heterocycles. The van der Waals surface area contributed by atoms with E-state index in [2.05, 4.69) is 139 Å². The SMILES string of the molecule is CCCCC(CC)COc1ccc(C2(c3ccc(Oc4ccc5c(c4)CC5)cc3)c3ccccc3-c3ccc(Br)cc32)cc1. The van der Waals surface area contributed by atoms with Crippen molar-refractivity contribution < 1.29 is 9.47 Å². The molecule has 2 aliphatic rings. The molecule has 0 fully saturated rings. The van der Waals surface area contributed by atoms with Crippen molar-refractivity contribution >= 4 is 15.9 Å². The number of halogens is 1. The Bertz CT molecular complexity index is 1770. The van der Waals surface area contributed by atoms with Gasteiger partial charge < -0.3 is 9.47 Å². The number of aryl methyl sites for hydroxylation is 2. The Morgan fingerprint density at radius 2 is 1.36 bits per heavy atom. The molecule has 5 aromatic rings. The van der Waals surface area contributed by atoms with Crippen LogP contribution in [0.4, 0.5) is 0 Å². The quantitative estimate of drug-likeness (QED) is 0.140. The minimum atomic E-state index is -0.477. The van der Waals surface area contributed by atoms with Crippen molar-refractivity contribution in [3.8, 4) is 28.4 Å². The second-order valence-electron chi connectivity index (χ2n) is 12.3. The largest absolute Gasteiger partial charge is 0.493 e. The highest BCUT2D eigenvalue weighted by atomic mass is 79.9. The molecule has 5 aromatic carbocycles. The molecular weight excluding hydrogens is 604 g/mol. The molecule has 0 radical (unpaired) electrons. The average molecular weight is 644 g/mol. The van der Waals surface area contributed by atoms with E-state index in [4.69, 9.17) is 9.47 Å². The van der Waals surface area contributed by atoms with Gasteiger partial charge in [0, 0.05) is 4.47 Å². The summed E-state index contributed by atoms with van der Waals surface area (Å²) in [5.74, 6) is 3.28. The standard InChI is InChI=1S/C41H39BrO2/c1-3-5-8-28(4-2)27-43-34-20-14-31(15-21-34)41(39-10-7-6-9-37(39)38-24-18-33(42)26-40(38)41)32-16-22-35(23-17-32)44-36-19-13-29-11-12-30(29)25-36/h6-7,9-10,13-26,28H,3-5,8,11-12,27H2,1-2H3. The van der Waals surface area contributed by atoms with Crippen molar-refractivity contribution in [2.75, 3.05) is 6.61 Å². The van der Waals surface area contributed by atoms with Gasteiger partial charge >= 0.3 is 0 Å². The number of fused-ring (bicyclic) bond motifs is 4.